The van der Waals surface area contributed by atoms with E-state index in [1.807, 2.05) is 0 Å². The number of rotatable bonds is 5. The molecule has 1 aromatic rings. The van der Waals surface area contributed by atoms with Crippen LogP contribution >= 0.6 is 12.4 Å². The third-order valence-corrected chi connectivity index (χ3v) is 3.82. The minimum Gasteiger partial charge on any atom is -0.354 e. The number of pyridine rings is 1. The van der Waals surface area contributed by atoms with Crippen molar-refractivity contribution in [1.29, 1.82) is 0 Å². The van der Waals surface area contributed by atoms with Crippen molar-refractivity contribution in [3.63, 3.8) is 0 Å². The lowest BCUT2D eigenvalue weighted by molar-refractivity contribution is -0.124. The highest BCUT2D eigenvalue weighted by Crippen LogP contribution is 2.24. The highest BCUT2D eigenvalue weighted by Gasteiger charge is 2.37. The van der Waals surface area contributed by atoms with Gasteiger partial charge in [0.25, 0.3) is 5.91 Å². The Morgan fingerprint density at radius 1 is 1.50 bits per heavy atom. The molecule has 9 heteroatoms. The fourth-order valence-corrected chi connectivity index (χ4v) is 2.47. The summed E-state index contributed by atoms with van der Waals surface area (Å²) in [5.74, 6) is -1.43. The number of ketones is 1. The molecule has 0 spiro atoms. The molecule has 0 bridgehead atoms. The zero-order valence-electron chi connectivity index (χ0n) is 13.1. The summed E-state index contributed by atoms with van der Waals surface area (Å²) in [6.45, 7) is 2.72. The van der Waals surface area contributed by atoms with Crippen LogP contribution in [0.1, 0.15) is 25.3 Å². The van der Waals surface area contributed by atoms with Crippen LogP contribution in [0.5, 0.6) is 0 Å². The molecule has 0 radical (unpaired) electrons. The SMILES string of the molecule is CC(=O)[C@@]1(Nc2ncc(/C=C/C(=O)NO)cc2F)CCCNC1.Cl. The summed E-state index contributed by atoms with van der Waals surface area (Å²) in [7, 11) is 0. The van der Waals surface area contributed by atoms with Crippen LogP contribution in [0.2, 0.25) is 0 Å². The Morgan fingerprint density at radius 2 is 2.25 bits per heavy atom. The molecule has 2 rings (SSSR count). The van der Waals surface area contributed by atoms with E-state index in [-0.39, 0.29) is 24.0 Å². The van der Waals surface area contributed by atoms with Crippen molar-refractivity contribution in [2.75, 3.05) is 18.4 Å². The number of carbonyl (C=O) groups excluding carboxylic acids is 2. The summed E-state index contributed by atoms with van der Waals surface area (Å²) in [4.78, 5) is 26.9. The zero-order valence-corrected chi connectivity index (χ0v) is 14.0. The largest absolute Gasteiger partial charge is 0.354 e. The lowest BCUT2D eigenvalue weighted by Gasteiger charge is -2.36. The van der Waals surface area contributed by atoms with Crippen molar-refractivity contribution in [3.05, 3.63) is 29.7 Å². The molecule has 2 heterocycles. The Labute approximate surface area is 145 Å². The molecule has 1 aliphatic rings. The molecule has 24 heavy (non-hydrogen) atoms. The van der Waals surface area contributed by atoms with Gasteiger partial charge in [0.2, 0.25) is 0 Å². The number of nitrogens with one attached hydrogen (secondary N) is 3. The number of hydroxylamine groups is 1. The molecule has 0 saturated carbocycles. The number of halogens is 2. The normalized spacial score (nSPS) is 20.3. The molecule has 0 unspecified atom stereocenters. The minimum absolute atomic E-state index is 0. The Morgan fingerprint density at radius 3 is 2.79 bits per heavy atom. The second-order valence-electron chi connectivity index (χ2n) is 5.45. The van der Waals surface area contributed by atoms with Crippen LogP contribution in [-0.2, 0) is 9.59 Å². The van der Waals surface area contributed by atoms with Crippen LogP contribution in [0.4, 0.5) is 10.2 Å². The van der Waals surface area contributed by atoms with E-state index in [4.69, 9.17) is 5.21 Å². The average molecular weight is 359 g/mol. The highest BCUT2D eigenvalue weighted by molar-refractivity contribution is 5.91. The van der Waals surface area contributed by atoms with Gasteiger partial charge in [0, 0.05) is 18.8 Å². The Kier molecular flexibility index (Phi) is 7.27. The molecule has 0 aromatic carbocycles. The van der Waals surface area contributed by atoms with Gasteiger partial charge < -0.3 is 10.6 Å². The molecule has 0 aliphatic carbocycles. The van der Waals surface area contributed by atoms with E-state index < -0.39 is 17.3 Å². The first-order valence-corrected chi connectivity index (χ1v) is 7.24. The summed E-state index contributed by atoms with van der Waals surface area (Å²) in [5, 5.41) is 14.4. The average Bonchev–Trinajstić information content (AvgIpc) is 2.55. The molecular formula is C15H20ClFN4O3. The quantitative estimate of drug-likeness (QED) is 0.359. The summed E-state index contributed by atoms with van der Waals surface area (Å²) < 4.78 is 14.2. The van der Waals surface area contributed by atoms with Crippen molar-refractivity contribution in [2.45, 2.75) is 25.3 Å². The number of hydrogen-bond donors (Lipinski definition) is 4. The van der Waals surface area contributed by atoms with Crippen molar-refractivity contribution >= 4 is 36.0 Å². The van der Waals surface area contributed by atoms with Crippen LogP contribution in [0.3, 0.4) is 0 Å². The van der Waals surface area contributed by atoms with Gasteiger partial charge in [-0.15, -0.1) is 12.4 Å². The predicted octanol–water partition coefficient (Wildman–Crippen LogP) is 1.28. The van der Waals surface area contributed by atoms with Crippen molar-refractivity contribution in [2.24, 2.45) is 0 Å². The second-order valence-corrected chi connectivity index (χ2v) is 5.45. The highest BCUT2D eigenvalue weighted by atomic mass is 35.5. The Balaban J connectivity index is 0.00000288. The zero-order chi connectivity index (χ0) is 16.9. The van der Waals surface area contributed by atoms with Crippen LogP contribution in [0, 0.1) is 5.82 Å². The van der Waals surface area contributed by atoms with Crippen molar-refractivity contribution in [3.8, 4) is 0 Å². The van der Waals surface area contributed by atoms with E-state index in [2.05, 4.69) is 15.6 Å². The molecule has 1 saturated heterocycles. The summed E-state index contributed by atoms with van der Waals surface area (Å²) in [5.41, 5.74) is 0.932. The first-order chi connectivity index (χ1) is 11.0. The number of anilines is 1. The monoisotopic (exact) mass is 358 g/mol. The number of carbonyl (C=O) groups is 2. The van der Waals surface area contributed by atoms with Gasteiger partial charge in [-0.25, -0.2) is 14.9 Å². The minimum atomic E-state index is -0.861. The Bertz CT molecular complexity index is 633. The summed E-state index contributed by atoms with van der Waals surface area (Å²) >= 11 is 0. The Hall–Kier alpha value is -2.03. The van der Waals surface area contributed by atoms with E-state index in [1.54, 1.807) is 0 Å². The fraction of sp³-hybridized carbons (Fsp3) is 0.400. The van der Waals surface area contributed by atoms with Crippen molar-refractivity contribution in [1.82, 2.24) is 15.8 Å². The number of Topliss-reactive ketones (excluding diaryl/α,β-unsaturated/α-hetero) is 1. The molecular weight excluding hydrogens is 339 g/mol. The van der Waals surface area contributed by atoms with Gasteiger partial charge in [0.1, 0.15) is 5.54 Å². The number of piperidine rings is 1. The number of nitrogens with zero attached hydrogens (tertiary/aromatic N) is 1. The maximum absolute atomic E-state index is 14.2. The van der Waals surface area contributed by atoms with Gasteiger partial charge in [0.15, 0.2) is 17.4 Å². The van der Waals surface area contributed by atoms with E-state index in [1.165, 1.54) is 30.7 Å². The van der Waals surface area contributed by atoms with E-state index in [9.17, 15) is 14.0 Å². The molecule has 132 valence electrons. The van der Waals surface area contributed by atoms with E-state index >= 15 is 0 Å². The van der Waals surface area contributed by atoms with Gasteiger partial charge in [-0.3, -0.25) is 14.8 Å². The smallest absolute Gasteiger partial charge is 0.267 e. The van der Waals surface area contributed by atoms with Gasteiger partial charge in [-0.1, -0.05) is 0 Å². The molecule has 1 aromatic heterocycles. The number of hydrogen-bond acceptors (Lipinski definition) is 6. The van der Waals surface area contributed by atoms with E-state index in [0.717, 1.165) is 19.0 Å². The molecule has 1 atom stereocenters. The third kappa shape index (κ3) is 4.73. The van der Waals surface area contributed by atoms with Gasteiger partial charge >= 0.3 is 0 Å². The standard InChI is InChI=1S/C15H19FN4O3.ClH/c1-10(21)15(5-2-6-17-9-15)19-14-12(16)7-11(8-18-14)3-4-13(22)20-23;/h3-4,7-8,17,23H,2,5-6,9H2,1H3,(H,18,19)(H,20,22);1H/b4-3+;/t15-;/m1./s1. The molecule has 1 aliphatic heterocycles. The van der Waals surface area contributed by atoms with Gasteiger partial charge in [-0.2, -0.15) is 0 Å². The topological polar surface area (TPSA) is 103 Å². The van der Waals surface area contributed by atoms with Gasteiger partial charge in [-0.05, 0) is 44.0 Å². The van der Waals surface area contributed by atoms with Gasteiger partial charge in [0.05, 0.1) is 0 Å². The first-order valence-electron chi connectivity index (χ1n) is 7.24. The van der Waals surface area contributed by atoms with Crippen molar-refractivity contribution < 1.29 is 19.2 Å². The van der Waals surface area contributed by atoms with Crippen LogP contribution in [0.25, 0.3) is 6.08 Å². The lowest BCUT2D eigenvalue weighted by Crippen LogP contribution is -2.56. The second kappa shape index (κ2) is 8.72. The first kappa shape index (κ1) is 20.0. The fourth-order valence-electron chi connectivity index (χ4n) is 2.47. The number of aromatic nitrogens is 1. The van der Waals surface area contributed by atoms with Crippen LogP contribution in [-0.4, -0.2) is 40.5 Å². The lowest BCUT2D eigenvalue weighted by atomic mass is 9.86. The molecule has 4 N–H and O–H groups in total. The van der Waals surface area contributed by atoms with Crippen LogP contribution < -0.4 is 16.1 Å². The summed E-state index contributed by atoms with van der Waals surface area (Å²) in [6, 6.07) is 1.20. The van der Waals surface area contributed by atoms with E-state index in [0.29, 0.717) is 18.5 Å². The maximum atomic E-state index is 14.2. The molecule has 7 nitrogen and oxygen atoms in total. The maximum Gasteiger partial charge on any atom is 0.267 e. The third-order valence-electron chi connectivity index (χ3n) is 3.82. The molecule has 1 fully saturated rings. The van der Waals surface area contributed by atoms with Crippen LogP contribution in [0.15, 0.2) is 18.3 Å². The molecule has 1 amide bonds. The number of amides is 1. The predicted molar refractivity (Wildman–Crippen MR) is 89.5 cm³/mol. The summed E-state index contributed by atoms with van der Waals surface area (Å²) in [6.07, 6.45) is 5.15.